The molecule has 0 amide bonds. The summed E-state index contributed by atoms with van der Waals surface area (Å²) >= 11 is 0. The van der Waals surface area contributed by atoms with E-state index in [1.807, 2.05) is 6.07 Å². The van der Waals surface area contributed by atoms with E-state index >= 15 is 0 Å². The standard InChI is InChI=1S/C34H37BN3O/c1-22(2)28-20-26(25-13-9-8-10-14-25)21-29(23(3)4)32(28)38-18-17-36(6)34(38)35-24(5)19-30-27-15-11-12-16-31(27)39-33(30)37(35)7/h8-23H,1-7H3/q+1. The molecule has 0 bridgehead atoms. The second kappa shape index (κ2) is 9.64. The fourth-order valence-electron chi connectivity index (χ4n) is 6.20. The third-order valence-corrected chi connectivity index (χ3v) is 8.18. The first-order valence-electron chi connectivity index (χ1n) is 14.0. The number of benzene rings is 3. The van der Waals surface area contributed by atoms with Gasteiger partial charge in [0.25, 0.3) is 0 Å². The Balaban J connectivity index is 1.56. The minimum atomic E-state index is 0.0342. The maximum absolute atomic E-state index is 6.42. The van der Waals surface area contributed by atoms with Crippen LogP contribution in [0, 0.1) is 0 Å². The fourth-order valence-corrected chi connectivity index (χ4v) is 6.20. The largest absolute Gasteiger partial charge is 0.441 e. The van der Waals surface area contributed by atoms with E-state index in [2.05, 4.69) is 142 Å². The second-order valence-corrected chi connectivity index (χ2v) is 11.5. The van der Waals surface area contributed by atoms with Crippen molar-refractivity contribution in [3.8, 4) is 16.8 Å². The smallest absolute Gasteiger partial charge is 0.426 e. The van der Waals surface area contributed by atoms with Gasteiger partial charge in [0.05, 0.1) is 7.05 Å². The Morgan fingerprint density at radius 3 is 2.15 bits per heavy atom. The number of fused-ring (bicyclic) bond motifs is 3. The van der Waals surface area contributed by atoms with Crippen molar-refractivity contribution < 1.29 is 8.98 Å². The molecule has 1 aliphatic heterocycles. The molecule has 0 fully saturated rings. The minimum Gasteiger partial charge on any atom is -0.441 e. The number of furan rings is 1. The predicted molar refractivity (Wildman–Crippen MR) is 164 cm³/mol. The van der Waals surface area contributed by atoms with Crippen LogP contribution in [0.2, 0.25) is 0 Å². The number of aryl methyl sites for hydroxylation is 1. The highest BCUT2D eigenvalue weighted by Crippen LogP contribution is 2.39. The average Bonchev–Trinajstić information content (AvgIpc) is 3.49. The molecule has 0 saturated heterocycles. The van der Waals surface area contributed by atoms with Crippen LogP contribution in [0.15, 0.2) is 89.0 Å². The van der Waals surface area contributed by atoms with Gasteiger partial charge in [-0.15, -0.1) is 0 Å². The molecule has 6 rings (SSSR count). The van der Waals surface area contributed by atoms with Crippen LogP contribution in [0.3, 0.4) is 0 Å². The number of anilines is 1. The molecule has 0 unspecified atom stereocenters. The number of aromatic nitrogens is 2. The van der Waals surface area contributed by atoms with Crippen molar-refractivity contribution in [2.24, 2.45) is 7.05 Å². The molecule has 2 aromatic heterocycles. The van der Waals surface area contributed by atoms with Crippen LogP contribution in [-0.4, -0.2) is 18.5 Å². The van der Waals surface area contributed by atoms with Crippen molar-refractivity contribution in [3.63, 3.8) is 0 Å². The molecule has 39 heavy (non-hydrogen) atoms. The van der Waals surface area contributed by atoms with Gasteiger partial charge in [-0.1, -0.05) is 87.8 Å². The highest BCUT2D eigenvalue weighted by atomic mass is 16.4. The molecule has 0 aliphatic carbocycles. The number of para-hydroxylation sites is 1. The Hall–Kier alpha value is -3.99. The van der Waals surface area contributed by atoms with Crippen LogP contribution in [0.4, 0.5) is 5.88 Å². The quantitative estimate of drug-likeness (QED) is 0.182. The van der Waals surface area contributed by atoms with Crippen molar-refractivity contribution in [2.45, 2.75) is 46.5 Å². The van der Waals surface area contributed by atoms with Gasteiger partial charge in [-0.05, 0) is 55.1 Å². The molecule has 3 heterocycles. The number of allylic oxidation sites excluding steroid dienone is 1. The SMILES string of the molecule is CC1=Cc2c(oc3ccccc23)N(C)B1c1n(-c2c(C(C)C)cc(-c3ccccc3)cc2C(C)C)cc[n+]1C. The highest BCUT2D eigenvalue weighted by molar-refractivity contribution is 6.82. The number of imidazole rings is 1. The van der Waals surface area contributed by atoms with Gasteiger partial charge in [0, 0.05) is 22.1 Å². The summed E-state index contributed by atoms with van der Waals surface area (Å²) in [6.07, 6.45) is 6.73. The summed E-state index contributed by atoms with van der Waals surface area (Å²) in [5.41, 5.74) is 11.2. The van der Waals surface area contributed by atoms with Crippen LogP contribution >= 0.6 is 0 Å². The van der Waals surface area contributed by atoms with E-state index in [0.29, 0.717) is 11.8 Å². The Bertz CT molecular complexity index is 1680. The Kier molecular flexibility index (Phi) is 6.25. The Morgan fingerprint density at radius 1 is 0.846 bits per heavy atom. The molecule has 0 atom stereocenters. The number of nitrogens with zero attached hydrogens (tertiary/aromatic N) is 3. The lowest BCUT2D eigenvalue weighted by atomic mass is 9.51. The number of hydrogen-bond acceptors (Lipinski definition) is 2. The summed E-state index contributed by atoms with van der Waals surface area (Å²) in [7, 11) is 4.31. The summed E-state index contributed by atoms with van der Waals surface area (Å²) < 4.78 is 11.1. The maximum Gasteiger partial charge on any atom is 0.426 e. The van der Waals surface area contributed by atoms with Crippen molar-refractivity contribution >= 4 is 35.5 Å². The summed E-state index contributed by atoms with van der Waals surface area (Å²) in [5, 5.41) is 1.16. The third kappa shape index (κ3) is 4.12. The van der Waals surface area contributed by atoms with E-state index < -0.39 is 0 Å². The summed E-state index contributed by atoms with van der Waals surface area (Å²) in [4.78, 5) is 2.30. The van der Waals surface area contributed by atoms with Crippen LogP contribution in [0.25, 0.3) is 33.9 Å². The minimum absolute atomic E-state index is 0.0342. The zero-order chi connectivity index (χ0) is 27.4. The van der Waals surface area contributed by atoms with Crippen molar-refractivity contribution in [2.75, 3.05) is 11.9 Å². The molecule has 1 aliphatic rings. The van der Waals surface area contributed by atoms with Gasteiger partial charge >= 0.3 is 6.85 Å². The Morgan fingerprint density at radius 2 is 1.49 bits per heavy atom. The van der Waals surface area contributed by atoms with Crippen molar-refractivity contribution in [1.82, 2.24) is 4.57 Å². The molecule has 3 aromatic carbocycles. The molecular weight excluding hydrogens is 477 g/mol. The number of rotatable bonds is 5. The molecule has 0 saturated carbocycles. The maximum atomic E-state index is 6.42. The topological polar surface area (TPSA) is 25.2 Å². The first-order chi connectivity index (χ1) is 18.8. The fraction of sp³-hybridized carbons (Fsp3) is 0.265. The van der Waals surface area contributed by atoms with E-state index in [4.69, 9.17) is 4.42 Å². The molecule has 4 nitrogen and oxygen atoms in total. The molecular formula is C34H37BN3O+. The lowest BCUT2D eigenvalue weighted by molar-refractivity contribution is -0.653. The normalized spacial score (nSPS) is 13.5. The van der Waals surface area contributed by atoms with Gasteiger partial charge in [0.1, 0.15) is 23.7 Å². The van der Waals surface area contributed by atoms with Gasteiger partial charge in [0.2, 0.25) is 5.72 Å². The highest BCUT2D eigenvalue weighted by Gasteiger charge is 2.43. The first kappa shape index (κ1) is 25.3. The first-order valence-corrected chi connectivity index (χ1v) is 14.0. The average molecular weight is 515 g/mol. The van der Waals surface area contributed by atoms with Gasteiger partial charge < -0.3 is 9.23 Å². The summed E-state index contributed by atoms with van der Waals surface area (Å²) in [5.74, 6) is 1.65. The van der Waals surface area contributed by atoms with Crippen molar-refractivity contribution in [1.29, 1.82) is 0 Å². The van der Waals surface area contributed by atoms with E-state index in [9.17, 15) is 0 Å². The van der Waals surface area contributed by atoms with Gasteiger partial charge in [0.15, 0.2) is 5.88 Å². The predicted octanol–water partition coefficient (Wildman–Crippen LogP) is 7.25. The van der Waals surface area contributed by atoms with Gasteiger partial charge in [-0.25, -0.2) is 9.13 Å². The zero-order valence-corrected chi connectivity index (χ0v) is 24.1. The molecule has 0 radical (unpaired) electrons. The van der Waals surface area contributed by atoms with E-state index in [0.717, 1.165) is 16.9 Å². The molecule has 0 N–H and O–H groups in total. The van der Waals surface area contributed by atoms with Crippen LogP contribution < -0.4 is 15.1 Å². The summed E-state index contributed by atoms with van der Waals surface area (Å²) in [6, 6.07) is 23.9. The Labute approximate surface area is 232 Å². The van der Waals surface area contributed by atoms with Crippen molar-refractivity contribution in [3.05, 3.63) is 101 Å². The molecule has 5 heteroatoms. The zero-order valence-electron chi connectivity index (χ0n) is 24.1. The van der Waals surface area contributed by atoms with Crippen LogP contribution in [-0.2, 0) is 7.05 Å². The van der Waals surface area contributed by atoms with E-state index in [1.54, 1.807) is 0 Å². The van der Waals surface area contributed by atoms with E-state index in [1.165, 1.54) is 44.7 Å². The molecule has 196 valence electrons. The third-order valence-electron chi connectivity index (χ3n) is 8.18. The molecule has 0 spiro atoms. The van der Waals surface area contributed by atoms with Crippen LogP contribution in [0.5, 0.6) is 0 Å². The number of hydrogen-bond donors (Lipinski definition) is 0. The van der Waals surface area contributed by atoms with Crippen LogP contribution in [0.1, 0.15) is 63.1 Å². The molecule has 5 aromatic rings. The lowest BCUT2D eigenvalue weighted by Crippen LogP contribution is -2.63. The summed E-state index contributed by atoms with van der Waals surface area (Å²) in [6.45, 7) is 11.5. The van der Waals surface area contributed by atoms with E-state index in [-0.39, 0.29) is 6.85 Å². The lowest BCUT2D eigenvalue weighted by Gasteiger charge is -2.28. The second-order valence-electron chi connectivity index (χ2n) is 11.5. The van der Waals surface area contributed by atoms with Gasteiger partial charge in [-0.3, -0.25) is 0 Å². The monoisotopic (exact) mass is 514 g/mol. The van der Waals surface area contributed by atoms with Gasteiger partial charge in [-0.2, -0.15) is 0 Å².